The Bertz CT molecular complexity index is 1340. The molecule has 0 unspecified atom stereocenters. The summed E-state index contributed by atoms with van der Waals surface area (Å²) in [4.78, 5) is 0. The number of benzene rings is 4. The van der Waals surface area contributed by atoms with Crippen molar-refractivity contribution in [1.29, 1.82) is 0 Å². The average Bonchev–Trinajstić information content (AvgIpc) is 2.84. The fourth-order valence-corrected chi connectivity index (χ4v) is 4.05. The highest BCUT2D eigenvalue weighted by molar-refractivity contribution is 5.84. The highest BCUT2D eigenvalue weighted by atomic mass is 19.2. The lowest BCUT2D eigenvalue weighted by Crippen LogP contribution is -1.89. The number of fused-ring (bicyclic) bond motifs is 1. The maximum atomic E-state index is 14.7. The van der Waals surface area contributed by atoms with Crippen LogP contribution in [-0.4, -0.2) is 0 Å². The lowest BCUT2D eigenvalue weighted by molar-refractivity contribution is 0.511. The Kier molecular flexibility index (Phi) is 7.70. The molecule has 0 saturated heterocycles. The maximum absolute atomic E-state index is 14.7. The molecule has 34 heavy (non-hydrogen) atoms. The van der Waals surface area contributed by atoms with Crippen LogP contribution < -0.4 is 0 Å². The van der Waals surface area contributed by atoms with E-state index in [1.54, 1.807) is 24.3 Å². The van der Waals surface area contributed by atoms with E-state index in [4.69, 9.17) is 0 Å². The van der Waals surface area contributed by atoms with E-state index in [2.05, 4.69) is 30.9 Å². The van der Waals surface area contributed by atoms with Crippen LogP contribution >= 0.6 is 0 Å². The van der Waals surface area contributed by atoms with Crippen molar-refractivity contribution in [3.63, 3.8) is 0 Å². The molecular weight excluding hydrogens is 429 g/mol. The number of rotatable bonds is 7. The van der Waals surface area contributed by atoms with Gasteiger partial charge >= 0.3 is 0 Å². The first-order valence-electron chi connectivity index (χ1n) is 11.8. The third-order valence-electron chi connectivity index (χ3n) is 6.05. The minimum atomic E-state index is -0.903. The van der Waals surface area contributed by atoms with Gasteiger partial charge in [0.25, 0.3) is 0 Å². The van der Waals surface area contributed by atoms with Gasteiger partial charge in [0.05, 0.1) is 5.56 Å². The van der Waals surface area contributed by atoms with E-state index in [0.717, 1.165) is 29.7 Å². The van der Waals surface area contributed by atoms with Gasteiger partial charge in [0.15, 0.2) is 11.6 Å². The van der Waals surface area contributed by atoms with Crippen molar-refractivity contribution in [2.24, 2.45) is 0 Å². The Morgan fingerprint density at radius 3 is 2.03 bits per heavy atom. The Hall–Kier alpha value is -3.51. The normalized spacial score (nSPS) is 10.8. The number of unbranched alkanes of at least 4 members (excludes halogenated alkanes) is 4. The standard InChI is InChI=1S/C31H27F3/c1-2-3-4-5-6-7-22-8-12-24(13-9-22)26-17-16-25(29(32)19-26)14-10-23-11-15-27-20-30(33)31(34)21-28(27)18-23/h8-9,11-13,15-21H,2-7H2,1H3. The van der Waals surface area contributed by atoms with Crippen molar-refractivity contribution in [2.45, 2.75) is 45.4 Å². The van der Waals surface area contributed by atoms with Crippen LogP contribution in [0.15, 0.2) is 72.8 Å². The van der Waals surface area contributed by atoms with Crippen molar-refractivity contribution in [2.75, 3.05) is 0 Å². The van der Waals surface area contributed by atoms with Gasteiger partial charge in [0.1, 0.15) is 5.82 Å². The molecule has 0 N–H and O–H groups in total. The molecule has 0 radical (unpaired) electrons. The highest BCUT2D eigenvalue weighted by Crippen LogP contribution is 2.24. The van der Waals surface area contributed by atoms with Crippen LogP contribution in [0.1, 0.15) is 55.7 Å². The largest absolute Gasteiger partial charge is 0.206 e. The van der Waals surface area contributed by atoms with Crippen LogP contribution in [0.4, 0.5) is 13.2 Å². The Labute approximate surface area is 199 Å². The van der Waals surface area contributed by atoms with Crippen molar-refractivity contribution in [3.8, 4) is 23.0 Å². The Morgan fingerprint density at radius 2 is 1.29 bits per heavy atom. The summed E-state index contributed by atoms with van der Waals surface area (Å²) in [6.07, 6.45) is 7.38. The van der Waals surface area contributed by atoms with E-state index in [0.29, 0.717) is 16.3 Å². The lowest BCUT2D eigenvalue weighted by Gasteiger charge is -2.06. The molecule has 0 aliphatic rings. The Morgan fingerprint density at radius 1 is 0.588 bits per heavy atom. The predicted octanol–water partition coefficient (Wildman–Crippen LogP) is 8.84. The van der Waals surface area contributed by atoms with E-state index in [1.807, 2.05) is 18.2 Å². The fourth-order valence-electron chi connectivity index (χ4n) is 4.05. The molecule has 0 aromatic heterocycles. The first kappa shape index (κ1) is 23.6. The molecule has 0 heterocycles. The fraction of sp³-hybridized carbons (Fsp3) is 0.226. The Balaban J connectivity index is 1.45. The number of hydrogen-bond donors (Lipinski definition) is 0. The molecule has 0 aliphatic carbocycles. The molecular formula is C31H27F3. The molecule has 0 bridgehead atoms. The van der Waals surface area contributed by atoms with Crippen LogP contribution in [0, 0.1) is 29.3 Å². The van der Waals surface area contributed by atoms with Crippen molar-refractivity contribution < 1.29 is 13.2 Å². The predicted molar refractivity (Wildman–Crippen MR) is 134 cm³/mol. The van der Waals surface area contributed by atoms with Gasteiger partial charge < -0.3 is 0 Å². The third kappa shape index (κ3) is 5.88. The minimum Gasteiger partial charge on any atom is -0.206 e. The molecule has 0 saturated carbocycles. The summed E-state index contributed by atoms with van der Waals surface area (Å²) in [6.45, 7) is 2.22. The van der Waals surface area contributed by atoms with Gasteiger partial charge in [-0.05, 0) is 76.7 Å². The van der Waals surface area contributed by atoms with Crippen LogP contribution in [0.2, 0.25) is 0 Å². The topological polar surface area (TPSA) is 0 Å². The van der Waals surface area contributed by atoms with Gasteiger partial charge in [0, 0.05) is 5.56 Å². The SMILES string of the molecule is CCCCCCCc1ccc(-c2ccc(C#Cc3ccc4cc(F)c(F)cc4c3)c(F)c2)cc1. The summed E-state index contributed by atoms with van der Waals surface area (Å²) in [5, 5.41) is 1.13. The zero-order valence-corrected chi connectivity index (χ0v) is 19.3. The van der Waals surface area contributed by atoms with E-state index >= 15 is 0 Å². The molecule has 0 aliphatic heterocycles. The first-order chi connectivity index (χ1) is 16.5. The van der Waals surface area contributed by atoms with Gasteiger partial charge in [-0.2, -0.15) is 0 Å². The van der Waals surface area contributed by atoms with Gasteiger partial charge in [-0.15, -0.1) is 0 Å². The smallest absolute Gasteiger partial charge is 0.159 e. The average molecular weight is 457 g/mol. The summed E-state index contributed by atoms with van der Waals surface area (Å²) in [5.74, 6) is 3.60. The summed E-state index contributed by atoms with van der Waals surface area (Å²) in [5.41, 5.74) is 3.98. The molecule has 4 aromatic carbocycles. The zero-order chi connectivity index (χ0) is 23.9. The quantitative estimate of drug-likeness (QED) is 0.192. The van der Waals surface area contributed by atoms with Gasteiger partial charge in [-0.1, -0.05) is 80.8 Å². The van der Waals surface area contributed by atoms with Crippen molar-refractivity contribution in [1.82, 2.24) is 0 Å². The zero-order valence-electron chi connectivity index (χ0n) is 19.3. The second kappa shape index (κ2) is 11.1. The monoisotopic (exact) mass is 456 g/mol. The van der Waals surface area contributed by atoms with Gasteiger partial charge in [0.2, 0.25) is 0 Å². The molecule has 4 aromatic rings. The van der Waals surface area contributed by atoms with Crippen LogP contribution in [0.25, 0.3) is 21.9 Å². The van der Waals surface area contributed by atoms with E-state index < -0.39 is 11.6 Å². The maximum Gasteiger partial charge on any atom is 0.159 e. The molecule has 0 amide bonds. The number of hydrogen-bond acceptors (Lipinski definition) is 0. The summed E-state index contributed by atoms with van der Waals surface area (Å²) in [6, 6.07) is 20.7. The van der Waals surface area contributed by atoms with E-state index in [1.165, 1.54) is 43.7 Å². The summed E-state index contributed by atoms with van der Waals surface area (Å²) in [7, 11) is 0. The molecule has 0 atom stereocenters. The van der Waals surface area contributed by atoms with Crippen LogP contribution in [0.3, 0.4) is 0 Å². The third-order valence-corrected chi connectivity index (χ3v) is 6.05. The molecule has 0 fully saturated rings. The van der Waals surface area contributed by atoms with E-state index in [9.17, 15) is 13.2 Å². The van der Waals surface area contributed by atoms with Gasteiger partial charge in [-0.25, -0.2) is 13.2 Å². The lowest BCUT2D eigenvalue weighted by atomic mass is 10.00. The molecule has 0 spiro atoms. The number of halogens is 3. The summed E-state index contributed by atoms with van der Waals surface area (Å²) >= 11 is 0. The molecule has 4 rings (SSSR count). The molecule has 3 heteroatoms. The number of aryl methyl sites for hydroxylation is 1. The molecule has 172 valence electrons. The molecule has 0 nitrogen and oxygen atoms in total. The van der Waals surface area contributed by atoms with Crippen molar-refractivity contribution in [3.05, 3.63) is 107 Å². The van der Waals surface area contributed by atoms with Gasteiger partial charge in [-0.3, -0.25) is 0 Å². The highest BCUT2D eigenvalue weighted by Gasteiger charge is 2.06. The first-order valence-corrected chi connectivity index (χ1v) is 11.8. The summed E-state index contributed by atoms with van der Waals surface area (Å²) < 4.78 is 41.6. The van der Waals surface area contributed by atoms with E-state index in [-0.39, 0.29) is 11.4 Å². The second-order valence-electron chi connectivity index (χ2n) is 8.63. The van der Waals surface area contributed by atoms with Crippen molar-refractivity contribution >= 4 is 10.8 Å². The second-order valence-corrected chi connectivity index (χ2v) is 8.63. The van der Waals surface area contributed by atoms with Crippen LogP contribution in [0.5, 0.6) is 0 Å². The minimum absolute atomic E-state index is 0.290. The van der Waals surface area contributed by atoms with Crippen LogP contribution in [-0.2, 0) is 6.42 Å².